The van der Waals surface area contributed by atoms with Gasteiger partial charge in [-0.1, -0.05) is 0 Å². The van der Waals surface area contributed by atoms with Gasteiger partial charge in [0.15, 0.2) is 5.78 Å². The van der Waals surface area contributed by atoms with Gasteiger partial charge in [-0.05, 0) is 19.0 Å². The van der Waals surface area contributed by atoms with Crippen LogP contribution in [0.5, 0.6) is 0 Å². The molecule has 0 unspecified atom stereocenters. The van der Waals surface area contributed by atoms with Crippen LogP contribution in [0.2, 0.25) is 6.55 Å². The van der Waals surface area contributed by atoms with Crippen molar-refractivity contribution in [3.63, 3.8) is 0 Å². The molecule has 0 atom stereocenters. The molecule has 0 aliphatic heterocycles. The normalized spacial score (nSPS) is 19.2. The average Bonchev–Trinajstić information content (AvgIpc) is 2.18. The molecule has 0 amide bonds. The van der Waals surface area contributed by atoms with E-state index in [9.17, 15) is 4.79 Å². The molecule has 0 fully saturated rings. The van der Waals surface area contributed by atoms with Gasteiger partial charge in [0.05, 0.1) is 0 Å². The summed E-state index contributed by atoms with van der Waals surface area (Å²) in [5.74, 6) is 0.813. The molecule has 0 aromatic rings. The van der Waals surface area contributed by atoms with Crippen molar-refractivity contribution in [2.45, 2.75) is 19.4 Å². The van der Waals surface area contributed by atoms with E-state index in [1.165, 1.54) is 0 Å². The van der Waals surface area contributed by atoms with Gasteiger partial charge in [0.25, 0.3) is 0 Å². The predicted molar refractivity (Wildman–Crippen MR) is 37.8 cm³/mol. The Hall–Kier alpha value is -0.573. The highest BCUT2D eigenvalue weighted by molar-refractivity contribution is 6.26. The van der Waals surface area contributed by atoms with E-state index >= 15 is 0 Å². The highest BCUT2D eigenvalue weighted by Gasteiger charge is 2.14. The smallest absolute Gasteiger partial charge is 0.216 e. The van der Waals surface area contributed by atoms with E-state index in [4.69, 9.17) is 4.43 Å². The van der Waals surface area contributed by atoms with E-state index in [0.29, 0.717) is 12.2 Å². The largest absolute Gasteiger partial charge is 0.547 e. The summed E-state index contributed by atoms with van der Waals surface area (Å²) in [6.07, 6.45) is 3.42. The van der Waals surface area contributed by atoms with Gasteiger partial charge in [0, 0.05) is 6.42 Å². The molecule has 0 aromatic heterocycles. The van der Waals surface area contributed by atoms with E-state index in [0.717, 1.165) is 6.42 Å². The van der Waals surface area contributed by atoms with Crippen LogP contribution in [0, 0.1) is 0 Å². The van der Waals surface area contributed by atoms with Gasteiger partial charge in [-0.3, -0.25) is 4.79 Å². The van der Waals surface area contributed by atoms with Crippen molar-refractivity contribution in [2.24, 2.45) is 0 Å². The van der Waals surface area contributed by atoms with E-state index in [2.05, 4.69) is 0 Å². The Balaban J connectivity index is 2.47. The summed E-state index contributed by atoms with van der Waals surface area (Å²) in [7, 11) is -0.436. The molecule has 0 bridgehead atoms. The first-order valence-electron chi connectivity index (χ1n) is 3.20. The Morgan fingerprint density at radius 1 is 1.78 bits per heavy atom. The molecular weight excluding hydrogens is 132 g/mol. The Morgan fingerprint density at radius 3 is 3.00 bits per heavy atom. The third-order valence-corrected chi connectivity index (χ3v) is 1.88. The summed E-state index contributed by atoms with van der Waals surface area (Å²) in [5.41, 5.74) is 0. The lowest BCUT2D eigenvalue weighted by atomic mass is 10.3. The topological polar surface area (TPSA) is 26.3 Å². The van der Waals surface area contributed by atoms with Crippen LogP contribution < -0.4 is 0 Å². The standard InChI is InChI=1S/C6H10O2Si/c1-9-8-6-4-2-3-5(6)7/h4H,2-3,9H2,1H3. The van der Waals surface area contributed by atoms with E-state index in [1.54, 1.807) is 0 Å². The van der Waals surface area contributed by atoms with Gasteiger partial charge in [0.2, 0.25) is 9.76 Å². The molecule has 3 heteroatoms. The molecular formula is C6H10O2Si. The minimum atomic E-state index is -0.436. The maximum atomic E-state index is 10.8. The predicted octanol–water partition coefficient (Wildman–Crippen LogP) is 0.382. The number of allylic oxidation sites excluding steroid dienone is 2. The molecule has 0 N–H and O–H groups in total. The van der Waals surface area contributed by atoms with Crippen LogP contribution in [0.25, 0.3) is 0 Å². The highest BCUT2D eigenvalue weighted by atomic mass is 28.2. The summed E-state index contributed by atoms with van der Waals surface area (Å²) in [6.45, 7) is 2.02. The number of hydrogen-bond donors (Lipinski definition) is 0. The van der Waals surface area contributed by atoms with Gasteiger partial charge < -0.3 is 4.43 Å². The van der Waals surface area contributed by atoms with Crippen LogP contribution in [-0.2, 0) is 9.22 Å². The van der Waals surface area contributed by atoms with Gasteiger partial charge in [-0.15, -0.1) is 0 Å². The highest BCUT2D eigenvalue weighted by Crippen LogP contribution is 2.13. The Morgan fingerprint density at radius 2 is 2.56 bits per heavy atom. The lowest BCUT2D eigenvalue weighted by molar-refractivity contribution is -0.116. The molecule has 1 aliphatic carbocycles. The van der Waals surface area contributed by atoms with Crippen molar-refractivity contribution in [2.75, 3.05) is 0 Å². The molecule has 0 aromatic carbocycles. The van der Waals surface area contributed by atoms with Crippen molar-refractivity contribution in [3.05, 3.63) is 11.8 Å². The van der Waals surface area contributed by atoms with E-state index in [1.807, 2.05) is 12.6 Å². The molecule has 0 saturated heterocycles. The maximum Gasteiger partial charge on any atom is 0.216 e. The van der Waals surface area contributed by atoms with Crippen molar-refractivity contribution < 1.29 is 9.22 Å². The fourth-order valence-electron chi connectivity index (χ4n) is 0.866. The number of ketones is 1. The van der Waals surface area contributed by atoms with Crippen molar-refractivity contribution in [1.29, 1.82) is 0 Å². The zero-order chi connectivity index (χ0) is 6.69. The Bertz CT molecular complexity index is 151. The van der Waals surface area contributed by atoms with Crippen molar-refractivity contribution in [3.8, 4) is 0 Å². The van der Waals surface area contributed by atoms with Gasteiger partial charge in [0.1, 0.15) is 5.76 Å². The molecule has 1 rings (SSSR count). The first-order valence-corrected chi connectivity index (χ1v) is 5.20. The van der Waals surface area contributed by atoms with Crippen LogP contribution in [-0.4, -0.2) is 15.5 Å². The van der Waals surface area contributed by atoms with E-state index in [-0.39, 0.29) is 5.78 Å². The molecule has 0 spiro atoms. The van der Waals surface area contributed by atoms with Gasteiger partial charge >= 0.3 is 0 Å². The SMILES string of the molecule is C[SiH2]OC1=CCCC1=O. The monoisotopic (exact) mass is 142 g/mol. The Labute approximate surface area is 56.8 Å². The lowest BCUT2D eigenvalue weighted by Gasteiger charge is -1.99. The fraction of sp³-hybridized carbons (Fsp3) is 0.500. The fourth-order valence-corrected chi connectivity index (χ4v) is 1.46. The second kappa shape index (κ2) is 2.82. The molecule has 0 heterocycles. The van der Waals surface area contributed by atoms with Crippen LogP contribution in [0.4, 0.5) is 0 Å². The van der Waals surface area contributed by atoms with Crippen LogP contribution in [0.15, 0.2) is 11.8 Å². The summed E-state index contributed by atoms with van der Waals surface area (Å²) < 4.78 is 5.17. The molecule has 50 valence electrons. The second-order valence-corrected chi connectivity index (χ2v) is 2.83. The number of Topliss-reactive ketones (excluding diaryl/α,β-unsaturated/α-hetero) is 1. The zero-order valence-corrected chi connectivity index (χ0v) is 6.93. The van der Waals surface area contributed by atoms with Gasteiger partial charge in [-0.2, -0.15) is 0 Å². The number of carbonyl (C=O) groups excluding carboxylic acids is 1. The first kappa shape index (κ1) is 6.55. The molecule has 1 aliphatic rings. The average molecular weight is 142 g/mol. The summed E-state index contributed by atoms with van der Waals surface area (Å²) >= 11 is 0. The third-order valence-electron chi connectivity index (χ3n) is 1.28. The van der Waals surface area contributed by atoms with Crippen molar-refractivity contribution in [1.82, 2.24) is 0 Å². The quantitative estimate of drug-likeness (QED) is 0.521. The van der Waals surface area contributed by atoms with Crippen LogP contribution in [0.1, 0.15) is 12.8 Å². The molecule has 2 nitrogen and oxygen atoms in total. The second-order valence-electron chi connectivity index (χ2n) is 1.96. The van der Waals surface area contributed by atoms with E-state index < -0.39 is 9.76 Å². The Kier molecular flexibility index (Phi) is 2.05. The minimum absolute atomic E-state index is 0.185. The van der Waals surface area contributed by atoms with Crippen molar-refractivity contribution >= 4 is 15.5 Å². The maximum absolute atomic E-state index is 10.8. The number of hydrogen-bond acceptors (Lipinski definition) is 2. The molecule has 0 saturated carbocycles. The minimum Gasteiger partial charge on any atom is -0.547 e. The molecule has 9 heavy (non-hydrogen) atoms. The number of carbonyl (C=O) groups is 1. The third kappa shape index (κ3) is 1.42. The first-order chi connectivity index (χ1) is 4.34. The summed E-state index contributed by atoms with van der Waals surface area (Å²) in [4.78, 5) is 10.8. The van der Waals surface area contributed by atoms with Gasteiger partial charge in [-0.25, -0.2) is 0 Å². The lowest BCUT2D eigenvalue weighted by Crippen LogP contribution is -2.01. The molecule has 0 radical (unpaired) electrons. The van der Waals surface area contributed by atoms with Crippen LogP contribution >= 0.6 is 0 Å². The zero-order valence-electron chi connectivity index (χ0n) is 5.52. The van der Waals surface area contributed by atoms with Crippen LogP contribution in [0.3, 0.4) is 0 Å². The number of rotatable bonds is 2. The summed E-state index contributed by atoms with van der Waals surface area (Å²) in [5, 5.41) is 0. The summed E-state index contributed by atoms with van der Waals surface area (Å²) in [6, 6.07) is 0.